The number of hydrogen-bond donors (Lipinski definition) is 2. The highest BCUT2D eigenvalue weighted by molar-refractivity contribution is 9.11. The first-order valence-electron chi connectivity index (χ1n) is 8.53. The number of nitriles is 1. The van der Waals surface area contributed by atoms with E-state index >= 15 is 0 Å². The Kier molecular flexibility index (Phi) is 5.02. The molecule has 146 valence electrons. The lowest BCUT2D eigenvalue weighted by Crippen LogP contribution is -2.33. The molecule has 2 aromatic carbocycles. The Hall–Kier alpha value is -2.90. The van der Waals surface area contributed by atoms with Crippen molar-refractivity contribution >= 4 is 31.9 Å². The first kappa shape index (κ1) is 19.4. The number of halogens is 2. The molecule has 0 fully saturated rings. The second-order valence-corrected chi connectivity index (χ2v) is 8.11. The summed E-state index contributed by atoms with van der Waals surface area (Å²) >= 11 is 6.82. The van der Waals surface area contributed by atoms with Crippen LogP contribution in [0.1, 0.15) is 23.2 Å². The van der Waals surface area contributed by atoms with E-state index in [1.54, 1.807) is 24.3 Å². The van der Waals surface area contributed by atoms with E-state index in [1.165, 1.54) is 0 Å². The molecule has 0 saturated carbocycles. The molecule has 8 nitrogen and oxygen atoms in total. The van der Waals surface area contributed by atoms with Gasteiger partial charge in [-0.1, -0.05) is 0 Å². The number of phenols is 1. The van der Waals surface area contributed by atoms with Crippen LogP contribution in [0, 0.1) is 11.3 Å². The third-order valence-electron chi connectivity index (χ3n) is 4.55. The second-order valence-electron chi connectivity index (χ2n) is 6.41. The standard InChI is InChI=1S/C19H12Br2N4O4/c20-13-5-10(25-19(28)23-18(27)15(8-22)24-25)6-14(21)17(13)29-11-4-9-2-1-3-12(9)16(26)7-11/h4-7,26H,1-3H2,(H,23,27,28). The van der Waals surface area contributed by atoms with Gasteiger partial charge in [-0.05, 0) is 80.4 Å². The Morgan fingerprint density at radius 3 is 2.59 bits per heavy atom. The van der Waals surface area contributed by atoms with E-state index < -0.39 is 16.9 Å². The Morgan fingerprint density at radius 2 is 1.90 bits per heavy atom. The van der Waals surface area contributed by atoms with E-state index in [9.17, 15) is 14.7 Å². The number of H-pyrrole nitrogens is 1. The van der Waals surface area contributed by atoms with Gasteiger partial charge in [0.2, 0.25) is 5.69 Å². The van der Waals surface area contributed by atoms with Crippen LogP contribution in [0.5, 0.6) is 17.2 Å². The van der Waals surface area contributed by atoms with Crippen LogP contribution in [0.2, 0.25) is 0 Å². The number of benzene rings is 2. The highest BCUT2D eigenvalue weighted by atomic mass is 79.9. The molecule has 0 bridgehead atoms. The maximum atomic E-state index is 12.1. The van der Waals surface area contributed by atoms with Crippen molar-refractivity contribution in [1.82, 2.24) is 14.8 Å². The van der Waals surface area contributed by atoms with Crippen LogP contribution in [0.4, 0.5) is 0 Å². The predicted octanol–water partition coefficient (Wildman–Crippen LogP) is 3.30. The topological polar surface area (TPSA) is 121 Å². The third-order valence-corrected chi connectivity index (χ3v) is 5.72. The van der Waals surface area contributed by atoms with Crippen molar-refractivity contribution < 1.29 is 9.84 Å². The molecular weight excluding hydrogens is 508 g/mol. The van der Waals surface area contributed by atoms with Gasteiger partial charge in [0.15, 0.2) is 5.75 Å². The SMILES string of the molecule is N#Cc1nn(-c2cc(Br)c(Oc3cc(O)c4c(c3)CCC4)c(Br)c2)c(=O)[nH]c1=O. The highest BCUT2D eigenvalue weighted by Crippen LogP contribution is 2.41. The molecule has 3 aromatic rings. The number of rotatable bonds is 3. The van der Waals surface area contributed by atoms with Gasteiger partial charge in [-0.25, -0.2) is 4.79 Å². The van der Waals surface area contributed by atoms with Crippen LogP contribution in [-0.2, 0) is 12.8 Å². The van der Waals surface area contributed by atoms with Crippen LogP contribution in [0.15, 0.2) is 42.8 Å². The number of phenolic OH excluding ortho intramolecular Hbond substituents is 1. The lowest BCUT2D eigenvalue weighted by Gasteiger charge is -2.14. The molecule has 10 heteroatoms. The van der Waals surface area contributed by atoms with Crippen molar-refractivity contribution in [2.24, 2.45) is 0 Å². The molecule has 0 aliphatic heterocycles. The summed E-state index contributed by atoms with van der Waals surface area (Å²) in [7, 11) is 0. The van der Waals surface area contributed by atoms with E-state index in [0.717, 1.165) is 35.1 Å². The lowest BCUT2D eigenvalue weighted by atomic mass is 10.1. The maximum Gasteiger partial charge on any atom is 0.349 e. The number of nitrogens with one attached hydrogen (secondary N) is 1. The molecule has 2 N–H and O–H groups in total. The highest BCUT2D eigenvalue weighted by Gasteiger charge is 2.19. The molecule has 1 aliphatic carbocycles. The fraction of sp³-hybridized carbons (Fsp3) is 0.158. The van der Waals surface area contributed by atoms with Crippen molar-refractivity contribution in [2.75, 3.05) is 0 Å². The summed E-state index contributed by atoms with van der Waals surface area (Å²) in [4.78, 5) is 25.7. The summed E-state index contributed by atoms with van der Waals surface area (Å²) in [5.74, 6) is 1.14. The molecule has 29 heavy (non-hydrogen) atoms. The number of aromatic amines is 1. The molecule has 0 atom stereocenters. The maximum absolute atomic E-state index is 12.1. The van der Waals surface area contributed by atoms with Gasteiger partial charge in [0.1, 0.15) is 17.6 Å². The molecule has 1 aromatic heterocycles. The number of hydrogen-bond acceptors (Lipinski definition) is 6. The van der Waals surface area contributed by atoms with Gasteiger partial charge in [0, 0.05) is 6.07 Å². The number of ether oxygens (including phenoxy) is 1. The number of fused-ring (bicyclic) bond motifs is 1. The monoisotopic (exact) mass is 518 g/mol. The second kappa shape index (κ2) is 7.50. The van der Waals surface area contributed by atoms with E-state index in [0.29, 0.717) is 26.1 Å². The van der Waals surface area contributed by atoms with Crippen molar-refractivity contribution in [1.29, 1.82) is 5.26 Å². The minimum Gasteiger partial charge on any atom is -0.508 e. The van der Waals surface area contributed by atoms with E-state index in [2.05, 4.69) is 41.9 Å². The Labute approximate surface area is 180 Å². The first-order valence-corrected chi connectivity index (χ1v) is 10.1. The summed E-state index contributed by atoms with van der Waals surface area (Å²) in [6.45, 7) is 0. The molecule has 0 radical (unpaired) electrons. The van der Waals surface area contributed by atoms with Gasteiger partial charge in [-0.3, -0.25) is 9.78 Å². The van der Waals surface area contributed by atoms with E-state index in [1.807, 2.05) is 6.07 Å². The molecule has 0 unspecified atom stereocenters. The number of aromatic nitrogens is 3. The van der Waals surface area contributed by atoms with Crippen LogP contribution < -0.4 is 16.0 Å². The Bertz CT molecular complexity index is 1280. The normalized spacial score (nSPS) is 12.4. The van der Waals surface area contributed by atoms with Crippen LogP contribution in [0.3, 0.4) is 0 Å². The van der Waals surface area contributed by atoms with Crippen LogP contribution >= 0.6 is 31.9 Å². The average Bonchev–Trinajstić information content (AvgIpc) is 3.14. The van der Waals surface area contributed by atoms with Gasteiger partial charge >= 0.3 is 5.69 Å². The van der Waals surface area contributed by atoms with Crippen molar-refractivity contribution in [2.45, 2.75) is 19.3 Å². The summed E-state index contributed by atoms with van der Waals surface area (Å²) in [5.41, 5.74) is 0.296. The van der Waals surface area contributed by atoms with E-state index in [-0.39, 0.29) is 5.75 Å². The molecule has 0 spiro atoms. The van der Waals surface area contributed by atoms with Crippen LogP contribution in [0.25, 0.3) is 5.69 Å². The molecule has 4 rings (SSSR count). The largest absolute Gasteiger partial charge is 0.508 e. The fourth-order valence-corrected chi connectivity index (χ4v) is 4.57. The van der Waals surface area contributed by atoms with Gasteiger partial charge in [-0.2, -0.15) is 9.94 Å². The van der Waals surface area contributed by atoms with Gasteiger partial charge in [-0.15, -0.1) is 5.10 Å². The smallest absolute Gasteiger partial charge is 0.349 e. The summed E-state index contributed by atoms with van der Waals surface area (Å²) in [5, 5.41) is 23.0. The van der Waals surface area contributed by atoms with Gasteiger partial charge < -0.3 is 9.84 Å². The van der Waals surface area contributed by atoms with Crippen molar-refractivity contribution in [3.8, 4) is 29.0 Å². The van der Waals surface area contributed by atoms with Crippen LogP contribution in [-0.4, -0.2) is 19.9 Å². The van der Waals surface area contributed by atoms with Gasteiger partial charge in [0.05, 0.1) is 14.6 Å². The quantitative estimate of drug-likeness (QED) is 0.547. The lowest BCUT2D eigenvalue weighted by molar-refractivity contribution is 0.448. The zero-order valence-corrected chi connectivity index (χ0v) is 17.9. The molecule has 0 saturated heterocycles. The molecule has 0 amide bonds. The zero-order chi connectivity index (χ0) is 20.7. The van der Waals surface area contributed by atoms with Crippen molar-refractivity contribution in [3.63, 3.8) is 0 Å². The Balaban J connectivity index is 1.74. The summed E-state index contributed by atoms with van der Waals surface area (Å²) < 4.78 is 7.88. The van der Waals surface area contributed by atoms with Crippen molar-refractivity contribution in [3.05, 3.63) is 70.9 Å². The average molecular weight is 520 g/mol. The number of aromatic hydroxyl groups is 1. The molecular formula is C19H12Br2N4O4. The summed E-state index contributed by atoms with van der Waals surface area (Å²) in [6, 6.07) is 8.26. The summed E-state index contributed by atoms with van der Waals surface area (Å²) in [6.07, 6.45) is 2.75. The minimum absolute atomic E-state index is 0.215. The minimum atomic E-state index is -0.844. The molecule has 1 heterocycles. The fourth-order valence-electron chi connectivity index (χ4n) is 3.25. The number of nitrogens with zero attached hydrogens (tertiary/aromatic N) is 3. The predicted molar refractivity (Wildman–Crippen MR) is 111 cm³/mol. The van der Waals surface area contributed by atoms with E-state index in [4.69, 9.17) is 10.00 Å². The third kappa shape index (κ3) is 3.59. The first-order chi connectivity index (χ1) is 13.9. The Morgan fingerprint density at radius 1 is 1.17 bits per heavy atom. The molecule has 1 aliphatic rings. The number of aryl methyl sites for hydroxylation is 1. The van der Waals surface area contributed by atoms with Gasteiger partial charge in [0.25, 0.3) is 5.56 Å². The zero-order valence-electron chi connectivity index (χ0n) is 14.7.